The molecule has 1 atom stereocenters. The molecule has 1 unspecified atom stereocenters. The van der Waals surface area contributed by atoms with Gasteiger partial charge < -0.3 is 14.9 Å². The minimum atomic E-state index is -1.02. The molecule has 1 aliphatic rings. The third-order valence-corrected chi connectivity index (χ3v) is 3.57. The van der Waals surface area contributed by atoms with Crippen molar-refractivity contribution in [1.82, 2.24) is 9.80 Å². The highest BCUT2D eigenvalue weighted by molar-refractivity contribution is 5.91. The van der Waals surface area contributed by atoms with Crippen LogP contribution in [0.3, 0.4) is 0 Å². The molecule has 0 bridgehead atoms. The van der Waals surface area contributed by atoms with Gasteiger partial charge in [-0.2, -0.15) is 0 Å². The van der Waals surface area contributed by atoms with Crippen LogP contribution in [0, 0.1) is 5.41 Å². The number of carboxylic acids is 1. The molecule has 6 heteroatoms. The van der Waals surface area contributed by atoms with E-state index in [1.165, 1.54) is 4.90 Å². The third kappa shape index (κ3) is 4.44. The third-order valence-electron chi connectivity index (χ3n) is 3.57. The average Bonchev–Trinajstić information content (AvgIpc) is 2.83. The van der Waals surface area contributed by atoms with Gasteiger partial charge in [-0.1, -0.05) is 27.7 Å². The Balaban J connectivity index is 2.87. The van der Waals surface area contributed by atoms with Crippen LogP contribution in [-0.2, 0) is 14.4 Å². The van der Waals surface area contributed by atoms with Crippen LogP contribution in [0.15, 0.2) is 0 Å². The first-order valence-electron chi connectivity index (χ1n) is 7.50. The lowest BCUT2D eigenvalue weighted by Gasteiger charge is -2.33. The van der Waals surface area contributed by atoms with E-state index < -0.39 is 17.4 Å². The van der Waals surface area contributed by atoms with Crippen LogP contribution in [0.5, 0.6) is 0 Å². The summed E-state index contributed by atoms with van der Waals surface area (Å²) >= 11 is 0. The van der Waals surface area contributed by atoms with Gasteiger partial charge in [0.1, 0.15) is 12.6 Å². The first kappa shape index (κ1) is 17.5. The Bertz CT molecular complexity index is 414. The van der Waals surface area contributed by atoms with E-state index in [9.17, 15) is 14.4 Å². The van der Waals surface area contributed by atoms with Crippen molar-refractivity contribution >= 4 is 17.8 Å². The predicted octanol–water partition coefficient (Wildman–Crippen LogP) is 1.35. The Morgan fingerprint density at radius 1 is 1.29 bits per heavy atom. The maximum atomic E-state index is 12.6. The van der Waals surface area contributed by atoms with Crippen LogP contribution in [0.25, 0.3) is 0 Å². The Morgan fingerprint density at radius 3 is 2.38 bits per heavy atom. The van der Waals surface area contributed by atoms with Crippen LogP contribution in [0.2, 0.25) is 0 Å². The molecule has 1 fully saturated rings. The van der Waals surface area contributed by atoms with Gasteiger partial charge in [-0.25, -0.2) is 0 Å². The van der Waals surface area contributed by atoms with E-state index in [2.05, 4.69) is 0 Å². The zero-order chi connectivity index (χ0) is 16.2. The van der Waals surface area contributed by atoms with Gasteiger partial charge in [0, 0.05) is 18.5 Å². The zero-order valence-electron chi connectivity index (χ0n) is 13.4. The van der Waals surface area contributed by atoms with E-state index in [4.69, 9.17) is 5.11 Å². The molecule has 120 valence electrons. The fourth-order valence-electron chi connectivity index (χ4n) is 2.61. The molecule has 0 aromatic heterocycles. The highest BCUT2D eigenvalue weighted by Gasteiger charge is 2.40. The van der Waals surface area contributed by atoms with Gasteiger partial charge >= 0.3 is 5.97 Å². The molecule has 1 saturated heterocycles. The minimum absolute atomic E-state index is 0.0508. The SMILES string of the molecule is CCCN(CC(=O)O)C(=O)C1CCCN1C(=O)C(C)(C)C. The molecule has 0 radical (unpaired) electrons. The Hall–Kier alpha value is -1.59. The normalized spacial score (nSPS) is 18.7. The molecule has 1 rings (SSSR count). The molecule has 21 heavy (non-hydrogen) atoms. The van der Waals surface area contributed by atoms with Gasteiger partial charge in [-0.05, 0) is 19.3 Å². The van der Waals surface area contributed by atoms with Gasteiger partial charge in [0.15, 0.2) is 0 Å². The van der Waals surface area contributed by atoms with Gasteiger partial charge in [0.2, 0.25) is 11.8 Å². The molecule has 0 aromatic rings. The van der Waals surface area contributed by atoms with Crippen molar-refractivity contribution in [1.29, 1.82) is 0 Å². The lowest BCUT2D eigenvalue weighted by Crippen LogP contribution is -2.51. The predicted molar refractivity (Wildman–Crippen MR) is 78.7 cm³/mol. The van der Waals surface area contributed by atoms with Gasteiger partial charge in [-0.3, -0.25) is 14.4 Å². The molecule has 1 aliphatic heterocycles. The average molecular weight is 298 g/mol. The number of nitrogens with zero attached hydrogens (tertiary/aromatic N) is 2. The smallest absolute Gasteiger partial charge is 0.323 e. The second kappa shape index (κ2) is 6.91. The van der Waals surface area contributed by atoms with Crippen molar-refractivity contribution < 1.29 is 19.5 Å². The van der Waals surface area contributed by atoms with Crippen molar-refractivity contribution in [3.05, 3.63) is 0 Å². The monoisotopic (exact) mass is 298 g/mol. The highest BCUT2D eigenvalue weighted by atomic mass is 16.4. The fourth-order valence-corrected chi connectivity index (χ4v) is 2.61. The van der Waals surface area contributed by atoms with Gasteiger partial charge in [0.05, 0.1) is 0 Å². The lowest BCUT2D eigenvalue weighted by atomic mass is 9.94. The number of hydrogen-bond donors (Lipinski definition) is 1. The second-order valence-corrected chi connectivity index (χ2v) is 6.56. The zero-order valence-corrected chi connectivity index (χ0v) is 13.4. The molecule has 0 aliphatic carbocycles. The van der Waals surface area contributed by atoms with Crippen LogP contribution in [-0.4, -0.2) is 58.4 Å². The highest BCUT2D eigenvalue weighted by Crippen LogP contribution is 2.26. The van der Waals surface area contributed by atoms with Gasteiger partial charge in [0.25, 0.3) is 0 Å². The van der Waals surface area contributed by atoms with Crippen molar-refractivity contribution in [2.75, 3.05) is 19.6 Å². The maximum absolute atomic E-state index is 12.6. The molecule has 0 saturated carbocycles. The van der Waals surface area contributed by atoms with E-state index in [1.807, 2.05) is 27.7 Å². The molecular weight excluding hydrogens is 272 g/mol. The minimum Gasteiger partial charge on any atom is -0.480 e. The Kier molecular flexibility index (Phi) is 5.75. The summed E-state index contributed by atoms with van der Waals surface area (Å²) in [6, 6.07) is -0.511. The summed E-state index contributed by atoms with van der Waals surface area (Å²) in [5, 5.41) is 8.93. The van der Waals surface area contributed by atoms with Crippen LogP contribution in [0.4, 0.5) is 0 Å². The van der Waals surface area contributed by atoms with Crippen molar-refractivity contribution in [2.24, 2.45) is 5.41 Å². The van der Waals surface area contributed by atoms with E-state index in [0.29, 0.717) is 25.9 Å². The summed E-state index contributed by atoms with van der Waals surface area (Å²) in [6.45, 7) is 8.05. The van der Waals surface area contributed by atoms with Crippen LogP contribution >= 0.6 is 0 Å². The number of carbonyl (C=O) groups excluding carboxylic acids is 2. The number of amides is 2. The number of likely N-dealkylation sites (tertiary alicyclic amines) is 1. The number of rotatable bonds is 5. The van der Waals surface area contributed by atoms with E-state index in [0.717, 1.165) is 6.42 Å². The Labute approximate surface area is 126 Å². The van der Waals surface area contributed by atoms with E-state index >= 15 is 0 Å². The molecular formula is C15H26N2O4. The number of hydrogen-bond acceptors (Lipinski definition) is 3. The summed E-state index contributed by atoms with van der Waals surface area (Å²) in [7, 11) is 0. The summed E-state index contributed by atoms with van der Waals surface area (Å²) in [5.41, 5.74) is -0.536. The summed E-state index contributed by atoms with van der Waals surface area (Å²) in [6.07, 6.45) is 2.09. The maximum Gasteiger partial charge on any atom is 0.323 e. The quantitative estimate of drug-likeness (QED) is 0.831. The Morgan fingerprint density at radius 2 is 1.90 bits per heavy atom. The summed E-state index contributed by atoms with van der Waals surface area (Å²) < 4.78 is 0. The second-order valence-electron chi connectivity index (χ2n) is 6.56. The molecule has 0 spiro atoms. The number of aliphatic carboxylic acids is 1. The van der Waals surface area contributed by atoms with Crippen molar-refractivity contribution in [2.45, 2.75) is 53.0 Å². The topological polar surface area (TPSA) is 77.9 Å². The summed E-state index contributed by atoms with van der Waals surface area (Å²) in [4.78, 5) is 38.9. The summed E-state index contributed by atoms with van der Waals surface area (Å²) in [5.74, 6) is -1.32. The number of carbonyl (C=O) groups is 3. The number of carboxylic acid groups (broad SMARTS) is 1. The molecule has 6 nitrogen and oxygen atoms in total. The molecule has 2 amide bonds. The molecule has 0 aromatic carbocycles. The van der Waals surface area contributed by atoms with E-state index in [1.54, 1.807) is 4.90 Å². The lowest BCUT2D eigenvalue weighted by molar-refractivity contribution is -0.151. The van der Waals surface area contributed by atoms with Crippen LogP contribution < -0.4 is 0 Å². The van der Waals surface area contributed by atoms with E-state index in [-0.39, 0.29) is 18.4 Å². The first-order valence-corrected chi connectivity index (χ1v) is 7.50. The largest absolute Gasteiger partial charge is 0.480 e. The molecule has 1 N–H and O–H groups in total. The molecule has 1 heterocycles. The van der Waals surface area contributed by atoms with Crippen molar-refractivity contribution in [3.63, 3.8) is 0 Å². The van der Waals surface area contributed by atoms with Crippen LogP contribution in [0.1, 0.15) is 47.0 Å². The first-order chi connectivity index (χ1) is 9.68. The standard InChI is InChI=1S/C15H26N2O4/c1-5-8-16(10-12(18)19)13(20)11-7-6-9-17(11)14(21)15(2,3)4/h11H,5-10H2,1-4H3,(H,18,19). The van der Waals surface area contributed by atoms with Gasteiger partial charge in [-0.15, -0.1) is 0 Å². The van der Waals surface area contributed by atoms with Crippen molar-refractivity contribution in [3.8, 4) is 0 Å². The fraction of sp³-hybridized carbons (Fsp3) is 0.800.